The van der Waals surface area contributed by atoms with Crippen LogP contribution < -0.4 is 10.0 Å². The lowest BCUT2D eigenvalue weighted by molar-refractivity contribution is -0.137. The fourth-order valence-corrected chi connectivity index (χ4v) is 3.65. The summed E-state index contributed by atoms with van der Waals surface area (Å²) in [6.45, 7) is 1.26. The van der Waals surface area contributed by atoms with Crippen LogP contribution in [-0.2, 0) is 16.2 Å². The van der Waals surface area contributed by atoms with Crippen LogP contribution in [0.3, 0.4) is 0 Å². The molecule has 1 fully saturated rings. The van der Waals surface area contributed by atoms with Crippen molar-refractivity contribution < 1.29 is 21.6 Å². The minimum atomic E-state index is -4.70. The van der Waals surface area contributed by atoms with E-state index in [-0.39, 0.29) is 6.04 Å². The molecule has 1 aliphatic rings. The Balaban J connectivity index is 2.27. The molecular weight excluding hydrogens is 329 g/mol. The lowest BCUT2D eigenvalue weighted by Gasteiger charge is -2.23. The third-order valence-electron chi connectivity index (χ3n) is 3.17. The predicted octanol–water partition coefficient (Wildman–Crippen LogP) is 2.39. The fraction of sp³-hybridized carbons (Fsp3) is 0.500. The van der Waals surface area contributed by atoms with Crippen LogP contribution >= 0.6 is 11.6 Å². The van der Waals surface area contributed by atoms with Crippen molar-refractivity contribution in [2.75, 3.05) is 13.1 Å². The van der Waals surface area contributed by atoms with Gasteiger partial charge in [-0.05, 0) is 37.6 Å². The highest BCUT2D eigenvalue weighted by Crippen LogP contribution is 2.35. The number of hydrogen-bond acceptors (Lipinski definition) is 3. The number of rotatable bonds is 3. The van der Waals surface area contributed by atoms with Gasteiger partial charge < -0.3 is 5.32 Å². The molecule has 1 aliphatic heterocycles. The van der Waals surface area contributed by atoms with E-state index in [9.17, 15) is 21.6 Å². The maximum Gasteiger partial charge on any atom is 0.417 e. The molecule has 0 saturated carbocycles. The first kappa shape index (κ1) is 16.5. The average molecular weight is 343 g/mol. The molecule has 0 bridgehead atoms. The van der Waals surface area contributed by atoms with Gasteiger partial charge in [0.2, 0.25) is 10.0 Å². The number of piperidine rings is 1. The Morgan fingerprint density at radius 1 is 1.33 bits per heavy atom. The summed E-state index contributed by atoms with van der Waals surface area (Å²) in [5, 5.41) is 2.50. The van der Waals surface area contributed by atoms with E-state index < -0.39 is 31.7 Å². The van der Waals surface area contributed by atoms with Gasteiger partial charge in [-0.1, -0.05) is 11.6 Å². The van der Waals surface area contributed by atoms with E-state index in [4.69, 9.17) is 11.6 Å². The summed E-state index contributed by atoms with van der Waals surface area (Å²) in [4.78, 5) is -0.440. The van der Waals surface area contributed by atoms with Crippen molar-refractivity contribution in [2.45, 2.75) is 30.0 Å². The molecule has 1 aromatic rings. The molecule has 0 radical (unpaired) electrons. The molecule has 0 spiro atoms. The summed E-state index contributed by atoms with van der Waals surface area (Å²) < 4.78 is 65.0. The molecular formula is C12H14ClF3N2O2S. The highest BCUT2D eigenvalue weighted by atomic mass is 35.5. The standard InChI is InChI=1S/C12H14ClF3N2O2S/c13-11-4-3-9(6-10(11)12(14,15)16)21(19,20)18-8-2-1-5-17-7-8/h3-4,6,8,17-18H,1-2,5,7H2/t8-/m1/s1. The maximum atomic E-state index is 12.8. The zero-order chi connectivity index (χ0) is 15.7. The minimum absolute atomic E-state index is 0.325. The van der Waals surface area contributed by atoms with Crippen LogP contribution in [0.25, 0.3) is 0 Å². The van der Waals surface area contributed by atoms with E-state index in [0.717, 1.165) is 25.1 Å². The first-order chi connectivity index (χ1) is 9.70. The number of sulfonamides is 1. The van der Waals surface area contributed by atoms with Gasteiger partial charge in [0.05, 0.1) is 15.5 Å². The Morgan fingerprint density at radius 3 is 2.62 bits per heavy atom. The van der Waals surface area contributed by atoms with E-state index in [1.807, 2.05) is 0 Å². The molecule has 4 nitrogen and oxygen atoms in total. The van der Waals surface area contributed by atoms with Crippen molar-refractivity contribution in [1.29, 1.82) is 0 Å². The first-order valence-corrected chi connectivity index (χ1v) is 8.16. The number of hydrogen-bond donors (Lipinski definition) is 2. The quantitative estimate of drug-likeness (QED) is 0.886. The number of nitrogens with one attached hydrogen (secondary N) is 2. The molecule has 21 heavy (non-hydrogen) atoms. The second kappa shape index (κ2) is 6.12. The van der Waals surface area contributed by atoms with Gasteiger partial charge in [0, 0.05) is 12.6 Å². The second-order valence-electron chi connectivity index (χ2n) is 4.80. The van der Waals surface area contributed by atoms with Gasteiger partial charge in [0.15, 0.2) is 0 Å². The van der Waals surface area contributed by atoms with Crippen LogP contribution in [0.1, 0.15) is 18.4 Å². The van der Waals surface area contributed by atoms with Crippen molar-refractivity contribution in [3.8, 4) is 0 Å². The average Bonchev–Trinajstić information content (AvgIpc) is 2.38. The van der Waals surface area contributed by atoms with E-state index in [0.29, 0.717) is 19.0 Å². The molecule has 0 aliphatic carbocycles. The zero-order valence-corrected chi connectivity index (χ0v) is 12.4. The van der Waals surface area contributed by atoms with Gasteiger partial charge >= 0.3 is 6.18 Å². The zero-order valence-electron chi connectivity index (χ0n) is 10.9. The van der Waals surface area contributed by atoms with Crippen molar-refractivity contribution in [3.63, 3.8) is 0 Å². The molecule has 1 saturated heterocycles. The van der Waals surface area contributed by atoms with Gasteiger partial charge in [-0.3, -0.25) is 0 Å². The van der Waals surface area contributed by atoms with Crippen LogP contribution in [0.4, 0.5) is 13.2 Å². The Hall–Kier alpha value is -0.830. The lowest BCUT2D eigenvalue weighted by atomic mass is 10.1. The van der Waals surface area contributed by atoms with Crippen molar-refractivity contribution in [2.24, 2.45) is 0 Å². The van der Waals surface area contributed by atoms with Gasteiger partial charge in [0.25, 0.3) is 0 Å². The molecule has 1 heterocycles. The largest absolute Gasteiger partial charge is 0.417 e. The Kier molecular flexibility index (Phi) is 4.82. The highest BCUT2D eigenvalue weighted by molar-refractivity contribution is 7.89. The van der Waals surface area contributed by atoms with Crippen LogP contribution in [0.15, 0.2) is 23.1 Å². The number of halogens is 4. The molecule has 1 aromatic carbocycles. The predicted molar refractivity (Wildman–Crippen MR) is 72.7 cm³/mol. The van der Waals surface area contributed by atoms with E-state index in [1.54, 1.807) is 0 Å². The van der Waals surface area contributed by atoms with Crippen molar-refractivity contribution in [3.05, 3.63) is 28.8 Å². The molecule has 118 valence electrons. The van der Waals surface area contributed by atoms with E-state index in [2.05, 4.69) is 10.0 Å². The smallest absolute Gasteiger partial charge is 0.315 e. The maximum absolute atomic E-state index is 12.8. The summed E-state index contributed by atoms with van der Waals surface area (Å²) in [7, 11) is -4.01. The summed E-state index contributed by atoms with van der Waals surface area (Å²) in [5.74, 6) is 0. The SMILES string of the molecule is O=S(=O)(N[C@@H]1CCCNC1)c1ccc(Cl)c(C(F)(F)F)c1. The first-order valence-electron chi connectivity index (χ1n) is 6.30. The third kappa shape index (κ3) is 4.09. The fourth-order valence-electron chi connectivity index (χ4n) is 2.13. The molecule has 2 rings (SSSR count). The van der Waals surface area contributed by atoms with Gasteiger partial charge in [0.1, 0.15) is 0 Å². The van der Waals surface area contributed by atoms with E-state index in [1.165, 1.54) is 0 Å². The third-order valence-corrected chi connectivity index (χ3v) is 5.02. The van der Waals surface area contributed by atoms with Crippen LogP contribution in [0.5, 0.6) is 0 Å². The molecule has 0 unspecified atom stereocenters. The van der Waals surface area contributed by atoms with Crippen LogP contribution in [-0.4, -0.2) is 27.5 Å². The Bertz CT molecular complexity index is 613. The van der Waals surface area contributed by atoms with Crippen molar-refractivity contribution >= 4 is 21.6 Å². The summed E-state index contributed by atoms with van der Waals surface area (Å²) in [6.07, 6.45) is -3.25. The lowest BCUT2D eigenvalue weighted by Crippen LogP contribution is -2.45. The second-order valence-corrected chi connectivity index (χ2v) is 6.93. The topological polar surface area (TPSA) is 58.2 Å². The molecule has 2 N–H and O–H groups in total. The highest BCUT2D eigenvalue weighted by Gasteiger charge is 2.34. The monoisotopic (exact) mass is 342 g/mol. The molecule has 1 atom stereocenters. The summed E-state index contributed by atoms with van der Waals surface area (Å²) in [5.41, 5.74) is -1.16. The normalized spacial score (nSPS) is 20.5. The van der Waals surface area contributed by atoms with Crippen molar-refractivity contribution in [1.82, 2.24) is 10.0 Å². The minimum Gasteiger partial charge on any atom is -0.315 e. The Morgan fingerprint density at radius 2 is 2.05 bits per heavy atom. The van der Waals surface area contributed by atoms with E-state index >= 15 is 0 Å². The van der Waals surface area contributed by atoms with Crippen LogP contribution in [0, 0.1) is 0 Å². The van der Waals surface area contributed by atoms with Gasteiger partial charge in [-0.15, -0.1) is 0 Å². The molecule has 0 aromatic heterocycles. The Labute approximate surface area is 125 Å². The molecule has 0 amide bonds. The van der Waals surface area contributed by atoms with Gasteiger partial charge in [-0.2, -0.15) is 13.2 Å². The number of alkyl halides is 3. The number of benzene rings is 1. The molecule has 9 heteroatoms. The summed E-state index contributed by atoms with van der Waals surface area (Å²) >= 11 is 5.48. The van der Waals surface area contributed by atoms with Crippen LogP contribution in [0.2, 0.25) is 5.02 Å². The summed E-state index contributed by atoms with van der Waals surface area (Å²) in [6, 6.07) is 2.24. The van der Waals surface area contributed by atoms with Gasteiger partial charge in [-0.25, -0.2) is 13.1 Å².